The Bertz CT molecular complexity index is 158. The zero-order valence-corrected chi connectivity index (χ0v) is 11.0. The van der Waals surface area contributed by atoms with Crippen molar-refractivity contribution in [2.24, 2.45) is 0 Å². The summed E-state index contributed by atoms with van der Waals surface area (Å²) in [5.74, 6) is 0. The number of hydrogen-bond acceptors (Lipinski definition) is 2. The monoisotopic (exact) mass is 318 g/mol. The molecule has 0 saturated heterocycles. The van der Waals surface area contributed by atoms with Crippen LogP contribution in [0.3, 0.4) is 0 Å². The number of hydrogen-bond donors (Lipinski definition) is 2. The van der Waals surface area contributed by atoms with Crippen LogP contribution in [-0.4, -0.2) is 54.7 Å². The van der Waals surface area contributed by atoms with Gasteiger partial charge in [0.1, 0.15) is 0 Å². The van der Waals surface area contributed by atoms with E-state index >= 15 is 0 Å². The summed E-state index contributed by atoms with van der Waals surface area (Å²) in [5.41, 5.74) is 0. The molecule has 0 heterocycles. The Morgan fingerprint density at radius 1 is 0.846 bits per heavy atom. The second-order valence-electron chi connectivity index (χ2n) is 2.52. The van der Waals surface area contributed by atoms with Crippen molar-refractivity contribution in [3.05, 3.63) is 0 Å². The Labute approximate surface area is 94.2 Å². The van der Waals surface area contributed by atoms with Gasteiger partial charge in [0.05, 0.1) is 0 Å². The summed E-state index contributed by atoms with van der Waals surface area (Å²) in [7, 11) is 0. The summed E-state index contributed by atoms with van der Waals surface area (Å²) in [5, 5.41) is 5.38. The van der Waals surface area contributed by atoms with Gasteiger partial charge >= 0.3 is 94.2 Å². The van der Waals surface area contributed by atoms with E-state index in [0.29, 0.717) is 13.1 Å². The summed E-state index contributed by atoms with van der Waals surface area (Å²) in [6.45, 7) is 1.42. The first kappa shape index (κ1) is 13.0. The molecule has 76 valence electrons. The molecule has 0 fully saturated rings. The molecule has 2 amide bonds. The maximum atomic E-state index is 10.4. The van der Waals surface area contributed by atoms with Crippen LogP contribution < -0.4 is 10.6 Å². The quantitative estimate of drug-likeness (QED) is 0.507. The fourth-order valence-electron chi connectivity index (χ4n) is 0.817. The first-order chi connectivity index (χ1) is 6.13. The van der Waals surface area contributed by atoms with E-state index in [1.54, 1.807) is 0 Å². The number of unbranched alkanes of at least 4 members (excludes halogenated alkanes) is 2. The molecule has 0 radical (unpaired) electrons. The maximum absolute atomic E-state index is 10.4. The van der Waals surface area contributed by atoms with Crippen molar-refractivity contribution in [1.82, 2.24) is 10.6 Å². The zero-order valence-electron chi connectivity index (χ0n) is 7.25. The topological polar surface area (TPSA) is 58.2 Å². The molecule has 13 heavy (non-hydrogen) atoms. The fourth-order valence-corrected chi connectivity index (χ4v) is 1.29. The Morgan fingerprint density at radius 3 is 1.54 bits per heavy atom. The predicted molar refractivity (Wildman–Crippen MR) is 54.9 cm³/mol. The van der Waals surface area contributed by atoms with Gasteiger partial charge in [-0.2, -0.15) is 0 Å². The average molecular weight is 316 g/mol. The summed E-state index contributed by atoms with van der Waals surface area (Å²) in [6.07, 6.45) is 2.93. The van der Waals surface area contributed by atoms with Gasteiger partial charge in [-0.25, -0.2) is 0 Å². The molecule has 0 aromatic heterocycles. The van der Waals surface area contributed by atoms with Crippen molar-refractivity contribution in [1.29, 1.82) is 0 Å². The van der Waals surface area contributed by atoms with E-state index in [2.05, 4.69) is 10.6 Å². The summed E-state index contributed by atoms with van der Waals surface area (Å²) < 4.78 is 0. The molecule has 4 nitrogen and oxygen atoms in total. The molecule has 0 aromatic carbocycles. The van der Waals surface area contributed by atoms with Crippen molar-refractivity contribution < 1.29 is 9.59 Å². The van der Waals surface area contributed by atoms with E-state index in [9.17, 15) is 9.59 Å². The normalized spacial score (nSPS) is 9.38. The number of carbonyl (C=O) groups is 2. The van der Waals surface area contributed by atoms with Gasteiger partial charge < -0.3 is 0 Å². The first-order valence-corrected chi connectivity index (χ1v) is 5.94. The molecule has 0 aromatic rings. The minimum atomic E-state index is -0.0494. The van der Waals surface area contributed by atoms with E-state index in [-0.39, 0.29) is 9.61 Å². The Balaban J connectivity index is 3.00. The van der Waals surface area contributed by atoms with Crippen LogP contribution in [0.1, 0.15) is 19.3 Å². The van der Waals surface area contributed by atoms with Crippen LogP contribution >= 0.6 is 0 Å². The summed E-state index contributed by atoms with van der Waals surface area (Å²) in [4.78, 5) is 20.7. The van der Waals surface area contributed by atoms with Gasteiger partial charge in [-0.3, -0.25) is 0 Å². The van der Waals surface area contributed by atoms with Crippen LogP contribution in [0.4, 0.5) is 9.59 Å². The fraction of sp³-hybridized carbons (Fsp3) is 0.714. The van der Waals surface area contributed by atoms with E-state index in [0.717, 1.165) is 19.3 Å². The third-order valence-electron chi connectivity index (χ3n) is 1.41. The molecule has 0 bridgehead atoms. The van der Waals surface area contributed by atoms with Crippen LogP contribution in [0.2, 0.25) is 0 Å². The van der Waals surface area contributed by atoms with Crippen LogP contribution in [-0.2, 0) is 0 Å². The molecule has 0 aliphatic rings. The molecule has 0 aliphatic carbocycles. The van der Waals surface area contributed by atoms with Gasteiger partial charge in [-0.15, -0.1) is 0 Å². The summed E-state index contributed by atoms with van der Waals surface area (Å²) >= 11 is 3.86. The molecular formula is C7H14N2O2Se2. The van der Waals surface area contributed by atoms with Crippen molar-refractivity contribution in [2.75, 3.05) is 13.1 Å². The molecule has 2 N–H and O–H groups in total. The van der Waals surface area contributed by atoms with E-state index < -0.39 is 0 Å². The Morgan fingerprint density at radius 2 is 1.23 bits per heavy atom. The van der Waals surface area contributed by atoms with Crippen LogP contribution in [0.15, 0.2) is 0 Å². The van der Waals surface area contributed by atoms with E-state index in [1.807, 2.05) is 32.0 Å². The van der Waals surface area contributed by atoms with Crippen LogP contribution in [0.25, 0.3) is 0 Å². The van der Waals surface area contributed by atoms with Gasteiger partial charge in [0, 0.05) is 0 Å². The number of amides is 2. The first-order valence-electron chi connectivity index (χ1n) is 4.06. The standard InChI is InChI=1S/C7H14N2O2Se2/c10-6(12)8-4-2-1-3-5-9-7(11)13/h1-5H2,(H2,8,10,12)(H2,9,11,13). The number of carbonyl (C=O) groups excluding carboxylic acids is 2. The van der Waals surface area contributed by atoms with Gasteiger partial charge in [-0.05, 0) is 0 Å². The second kappa shape index (κ2) is 8.57. The van der Waals surface area contributed by atoms with Crippen molar-refractivity contribution >= 4 is 41.6 Å². The summed E-state index contributed by atoms with van der Waals surface area (Å²) in [6, 6.07) is 0. The number of rotatable bonds is 6. The van der Waals surface area contributed by atoms with Gasteiger partial charge in [0.25, 0.3) is 0 Å². The molecule has 0 spiro atoms. The molecule has 6 heteroatoms. The van der Waals surface area contributed by atoms with Crippen LogP contribution in [0.5, 0.6) is 0 Å². The van der Waals surface area contributed by atoms with E-state index in [1.165, 1.54) is 0 Å². The SMILES string of the molecule is O=C([SeH])NCCCCCNC(=O)[SeH]. The zero-order chi connectivity index (χ0) is 10.1. The van der Waals surface area contributed by atoms with Gasteiger partial charge in [0.15, 0.2) is 0 Å². The second-order valence-corrected chi connectivity index (χ2v) is 4.23. The Kier molecular flexibility index (Phi) is 8.56. The molecule has 0 atom stereocenters. The van der Waals surface area contributed by atoms with Crippen LogP contribution in [0, 0.1) is 0 Å². The molecule has 0 saturated carbocycles. The minimum absolute atomic E-state index is 0.0494. The molecule has 0 rings (SSSR count). The third kappa shape index (κ3) is 12.0. The van der Waals surface area contributed by atoms with Gasteiger partial charge in [-0.1, -0.05) is 0 Å². The van der Waals surface area contributed by atoms with Crippen molar-refractivity contribution in [3.8, 4) is 0 Å². The molecular weight excluding hydrogens is 302 g/mol. The van der Waals surface area contributed by atoms with Gasteiger partial charge in [0.2, 0.25) is 0 Å². The molecule has 0 unspecified atom stereocenters. The predicted octanol–water partition coefficient (Wildman–Crippen LogP) is -0.622. The third-order valence-corrected chi connectivity index (χ3v) is 2.07. The number of nitrogens with one attached hydrogen (secondary N) is 2. The Hall–Kier alpha value is -0.0210. The molecule has 0 aliphatic heterocycles. The van der Waals surface area contributed by atoms with Crippen molar-refractivity contribution in [2.45, 2.75) is 19.3 Å². The van der Waals surface area contributed by atoms with E-state index in [4.69, 9.17) is 0 Å². The average Bonchev–Trinajstić information content (AvgIpc) is 2.01. The van der Waals surface area contributed by atoms with Crippen molar-refractivity contribution in [3.63, 3.8) is 0 Å².